The molecule has 6 nitrogen and oxygen atoms in total. The Labute approximate surface area is 117 Å². The van der Waals surface area contributed by atoms with E-state index in [1.807, 2.05) is 0 Å². The molecule has 0 saturated heterocycles. The largest absolute Gasteiger partial charge is 0.466 e. The summed E-state index contributed by atoms with van der Waals surface area (Å²) < 4.78 is 9.45. The lowest BCUT2D eigenvalue weighted by Crippen LogP contribution is -2.17. The van der Waals surface area contributed by atoms with Crippen LogP contribution >= 0.6 is 11.6 Å². The zero-order valence-corrected chi connectivity index (χ0v) is 11.6. The van der Waals surface area contributed by atoms with Crippen molar-refractivity contribution < 1.29 is 29.0 Å². The van der Waals surface area contributed by atoms with Crippen molar-refractivity contribution in [1.29, 1.82) is 0 Å². The van der Waals surface area contributed by atoms with Gasteiger partial charge in [0.2, 0.25) is 0 Å². The number of Topliss-reactive ketones (excluding diaryl/α,β-unsaturated/α-hetero) is 1. The van der Waals surface area contributed by atoms with Gasteiger partial charge in [-0.25, -0.2) is 0 Å². The van der Waals surface area contributed by atoms with E-state index in [2.05, 4.69) is 4.74 Å². The first-order valence-corrected chi connectivity index (χ1v) is 6.60. The highest BCUT2D eigenvalue weighted by molar-refractivity contribution is 6.28. The molecular formula is C12H19ClO6. The molecule has 1 atom stereocenters. The summed E-state index contributed by atoms with van der Waals surface area (Å²) in [5.41, 5.74) is 0. The van der Waals surface area contributed by atoms with E-state index >= 15 is 0 Å². The molecule has 0 amide bonds. The molecule has 0 aromatic carbocycles. The minimum absolute atomic E-state index is 0.0769. The monoisotopic (exact) mass is 294 g/mol. The molecule has 0 aliphatic rings. The first-order chi connectivity index (χ1) is 8.99. The summed E-state index contributed by atoms with van der Waals surface area (Å²) in [5, 5.41) is 9.48. The van der Waals surface area contributed by atoms with Crippen LogP contribution in [0.15, 0.2) is 0 Å². The van der Waals surface area contributed by atoms with Gasteiger partial charge in [-0.1, -0.05) is 0 Å². The normalized spacial score (nSPS) is 11.7. The van der Waals surface area contributed by atoms with Crippen LogP contribution in [-0.2, 0) is 23.9 Å². The van der Waals surface area contributed by atoms with E-state index in [0.717, 1.165) is 0 Å². The van der Waals surface area contributed by atoms with Crippen molar-refractivity contribution in [2.24, 2.45) is 0 Å². The number of aliphatic hydroxyl groups excluding tert-OH is 1. The maximum atomic E-state index is 11.1. The lowest BCUT2D eigenvalue weighted by Gasteiger charge is -2.09. The third-order valence-electron chi connectivity index (χ3n) is 2.14. The number of ketones is 1. The predicted molar refractivity (Wildman–Crippen MR) is 67.8 cm³/mol. The fraction of sp³-hybridized carbons (Fsp3) is 0.750. The zero-order valence-electron chi connectivity index (χ0n) is 10.9. The van der Waals surface area contributed by atoms with Gasteiger partial charge in [0.25, 0.3) is 0 Å². The van der Waals surface area contributed by atoms with Gasteiger partial charge < -0.3 is 14.6 Å². The molecule has 110 valence electrons. The Morgan fingerprint density at radius 2 is 1.89 bits per heavy atom. The molecule has 0 bridgehead atoms. The van der Waals surface area contributed by atoms with E-state index in [1.54, 1.807) is 6.92 Å². The van der Waals surface area contributed by atoms with Crippen molar-refractivity contribution in [3.8, 4) is 0 Å². The molecule has 0 heterocycles. The second kappa shape index (κ2) is 10.8. The number of hydrogen-bond acceptors (Lipinski definition) is 6. The Morgan fingerprint density at radius 3 is 2.47 bits per heavy atom. The van der Waals surface area contributed by atoms with E-state index in [-0.39, 0.29) is 31.9 Å². The maximum Gasteiger partial charge on any atom is 0.313 e. The number of hydrogen-bond donors (Lipinski definition) is 1. The minimum Gasteiger partial charge on any atom is -0.466 e. The van der Waals surface area contributed by atoms with Crippen LogP contribution in [0.1, 0.15) is 32.6 Å². The van der Waals surface area contributed by atoms with Gasteiger partial charge in [-0.05, 0) is 19.8 Å². The van der Waals surface area contributed by atoms with Crippen LogP contribution in [0.3, 0.4) is 0 Å². The molecule has 1 unspecified atom stereocenters. The SMILES string of the molecule is CCOC(=O)CC(O)CCCOC(=O)CC(=O)CCl. The number of aliphatic hydroxyl groups is 1. The molecular weight excluding hydrogens is 276 g/mol. The van der Waals surface area contributed by atoms with E-state index < -0.39 is 23.8 Å². The van der Waals surface area contributed by atoms with Gasteiger partial charge >= 0.3 is 11.9 Å². The van der Waals surface area contributed by atoms with E-state index in [0.29, 0.717) is 12.8 Å². The van der Waals surface area contributed by atoms with Crippen LogP contribution in [0.4, 0.5) is 0 Å². The molecule has 7 heteroatoms. The number of ether oxygens (including phenoxy) is 2. The summed E-state index contributed by atoms with van der Waals surface area (Å²) in [6.07, 6.45) is -0.513. The quantitative estimate of drug-likeness (QED) is 0.278. The van der Waals surface area contributed by atoms with Crippen LogP contribution in [0, 0.1) is 0 Å². The van der Waals surface area contributed by atoms with E-state index in [1.165, 1.54) is 0 Å². The molecule has 0 aromatic heterocycles. The molecule has 1 N–H and O–H groups in total. The lowest BCUT2D eigenvalue weighted by atomic mass is 10.1. The summed E-state index contributed by atoms with van der Waals surface area (Å²) in [6.45, 7) is 2.05. The number of esters is 2. The van der Waals surface area contributed by atoms with Crippen LogP contribution in [-0.4, -0.2) is 48.0 Å². The number of rotatable bonds is 10. The average Bonchev–Trinajstić information content (AvgIpc) is 2.34. The fourth-order valence-electron chi connectivity index (χ4n) is 1.28. The third-order valence-corrected chi connectivity index (χ3v) is 2.44. The molecule has 19 heavy (non-hydrogen) atoms. The molecule has 0 fully saturated rings. The molecule has 0 aliphatic heterocycles. The van der Waals surface area contributed by atoms with Crippen LogP contribution in [0.25, 0.3) is 0 Å². The topological polar surface area (TPSA) is 89.9 Å². The smallest absolute Gasteiger partial charge is 0.313 e. The second-order valence-electron chi connectivity index (χ2n) is 3.87. The number of halogens is 1. The Hall–Kier alpha value is -1.14. The van der Waals surface area contributed by atoms with E-state index in [9.17, 15) is 19.5 Å². The minimum atomic E-state index is -0.817. The molecule has 0 spiro atoms. The van der Waals surface area contributed by atoms with Crippen molar-refractivity contribution in [2.75, 3.05) is 19.1 Å². The van der Waals surface area contributed by atoms with Gasteiger partial charge in [-0.3, -0.25) is 14.4 Å². The van der Waals surface area contributed by atoms with Crippen molar-refractivity contribution in [3.63, 3.8) is 0 Å². The molecule has 0 aromatic rings. The third kappa shape index (κ3) is 10.5. The first kappa shape index (κ1) is 17.9. The Bertz CT molecular complexity index is 305. The predicted octanol–water partition coefficient (Wildman–Crippen LogP) is 0.822. The summed E-state index contributed by atoms with van der Waals surface area (Å²) in [4.78, 5) is 32.9. The Kier molecular flexibility index (Phi) is 10.1. The van der Waals surface area contributed by atoms with Crippen molar-refractivity contribution in [2.45, 2.75) is 38.7 Å². The summed E-state index contributed by atoms with van der Waals surface area (Å²) >= 11 is 5.24. The fourth-order valence-corrected chi connectivity index (χ4v) is 1.37. The van der Waals surface area contributed by atoms with E-state index in [4.69, 9.17) is 16.3 Å². The highest BCUT2D eigenvalue weighted by Crippen LogP contribution is 2.04. The maximum absolute atomic E-state index is 11.1. The number of alkyl halides is 1. The molecule has 0 radical (unpaired) electrons. The standard InChI is InChI=1S/C12H19ClO6/c1-2-18-11(16)6-9(14)4-3-5-19-12(17)7-10(15)8-13/h9,14H,2-8H2,1H3. The lowest BCUT2D eigenvalue weighted by molar-refractivity contribution is -0.148. The van der Waals surface area contributed by atoms with Crippen molar-refractivity contribution in [1.82, 2.24) is 0 Å². The van der Waals surface area contributed by atoms with Crippen molar-refractivity contribution >= 4 is 29.3 Å². The van der Waals surface area contributed by atoms with Crippen LogP contribution < -0.4 is 0 Å². The van der Waals surface area contributed by atoms with Gasteiger partial charge in [0, 0.05) is 0 Å². The van der Waals surface area contributed by atoms with Crippen LogP contribution in [0.2, 0.25) is 0 Å². The average molecular weight is 295 g/mol. The van der Waals surface area contributed by atoms with Crippen molar-refractivity contribution in [3.05, 3.63) is 0 Å². The highest BCUT2D eigenvalue weighted by Gasteiger charge is 2.12. The first-order valence-electron chi connectivity index (χ1n) is 6.06. The van der Waals surface area contributed by atoms with Gasteiger partial charge in [-0.2, -0.15) is 0 Å². The Balaban J connectivity index is 3.60. The molecule has 0 rings (SSSR count). The number of carbonyl (C=O) groups excluding carboxylic acids is 3. The van der Waals surface area contributed by atoms with Gasteiger partial charge in [-0.15, -0.1) is 11.6 Å². The molecule has 0 aliphatic carbocycles. The summed E-state index contributed by atoms with van der Waals surface area (Å²) in [5.74, 6) is -1.70. The van der Waals surface area contributed by atoms with Gasteiger partial charge in [0.05, 0.1) is 31.6 Å². The van der Waals surface area contributed by atoms with Crippen LogP contribution in [0.5, 0.6) is 0 Å². The Morgan fingerprint density at radius 1 is 1.21 bits per heavy atom. The summed E-state index contributed by atoms with van der Waals surface area (Å²) in [6, 6.07) is 0. The number of carbonyl (C=O) groups is 3. The second-order valence-corrected chi connectivity index (χ2v) is 4.14. The summed E-state index contributed by atoms with van der Waals surface area (Å²) in [7, 11) is 0. The zero-order chi connectivity index (χ0) is 14.7. The van der Waals surface area contributed by atoms with Gasteiger partial charge in [0.15, 0.2) is 5.78 Å². The molecule has 0 saturated carbocycles. The highest BCUT2D eigenvalue weighted by atomic mass is 35.5. The van der Waals surface area contributed by atoms with Gasteiger partial charge in [0.1, 0.15) is 6.42 Å².